The Morgan fingerprint density at radius 1 is 1.56 bits per heavy atom. The lowest BCUT2D eigenvalue weighted by atomic mass is 10.3. The molecule has 0 aliphatic carbocycles. The van der Waals surface area contributed by atoms with Crippen LogP contribution in [0.25, 0.3) is 0 Å². The van der Waals surface area contributed by atoms with E-state index in [1.54, 1.807) is 23.1 Å². The number of nitrogens with zero attached hydrogens (tertiary/aromatic N) is 1. The van der Waals surface area contributed by atoms with Gasteiger partial charge in [0, 0.05) is 29.8 Å². The van der Waals surface area contributed by atoms with Gasteiger partial charge >= 0.3 is 0 Å². The molecule has 0 bridgehead atoms. The van der Waals surface area contributed by atoms with Crippen molar-refractivity contribution >= 4 is 34.9 Å². The monoisotopic (exact) mass is 284 g/mol. The topological polar surface area (TPSA) is 49.4 Å². The van der Waals surface area contributed by atoms with E-state index in [-0.39, 0.29) is 17.2 Å². The van der Waals surface area contributed by atoms with Crippen LogP contribution in [-0.2, 0) is 9.59 Å². The van der Waals surface area contributed by atoms with Crippen LogP contribution in [0.4, 0.5) is 0 Å². The number of carbonyl (C=O) groups excluding carboxylic acids is 2. The van der Waals surface area contributed by atoms with Crippen molar-refractivity contribution in [2.45, 2.75) is 19.2 Å². The summed E-state index contributed by atoms with van der Waals surface area (Å²) in [5.74, 6) is 0.626. The van der Waals surface area contributed by atoms with Gasteiger partial charge in [0.2, 0.25) is 11.8 Å². The summed E-state index contributed by atoms with van der Waals surface area (Å²) < 4.78 is 0. The summed E-state index contributed by atoms with van der Waals surface area (Å²) in [5, 5.41) is 2.85. The minimum Gasteiger partial charge on any atom is -0.355 e. The van der Waals surface area contributed by atoms with Crippen molar-refractivity contribution in [3.63, 3.8) is 0 Å². The molecule has 0 radical (unpaired) electrons. The number of thioether (sulfide) groups is 1. The Morgan fingerprint density at radius 3 is 2.94 bits per heavy atom. The van der Waals surface area contributed by atoms with Gasteiger partial charge in [-0.25, -0.2) is 0 Å². The van der Waals surface area contributed by atoms with E-state index in [9.17, 15) is 9.59 Å². The Balaban J connectivity index is 2.01. The fraction of sp³-hybridized carbons (Fsp3) is 0.500. The molecule has 1 saturated heterocycles. The predicted molar refractivity (Wildman–Crippen MR) is 74.7 cm³/mol. The van der Waals surface area contributed by atoms with Gasteiger partial charge in [-0.3, -0.25) is 9.59 Å². The lowest BCUT2D eigenvalue weighted by Gasteiger charge is -2.23. The Bertz CT molecular complexity index is 459. The Kier molecular flexibility index (Phi) is 4.29. The first kappa shape index (κ1) is 13.4. The number of carbonyl (C=O) groups is 2. The van der Waals surface area contributed by atoms with Crippen LogP contribution in [-0.4, -0.2) is 35.6 Å². The molecule has 18 heavy (non-hydrogen) atoms. The van der Waals surface area contributed by atoms with Crippen molar-refractivity contribution < 1.29 is 9.59 Å². The molecule has 1 aromatic heterocycles. The highest BCUT2D eigenvalue weighted by Gasteiger charge is 2.33. The third-order valence-corrected chi connectivity index (χ3v) is 5.14. The zero-order chi connectivity index (χ0) is 13.1. The summed E-state index contributed by atoms with van der Waals surface area (Å²) in [6.45, 7) is 4.65. The molecule has 6 heteroatoms. The van der Waals surface area contributed by atoms with Crippen molar-refractivity contribution in [2.75, 3.05) is 18.8 Å². The zero-order valence-electron chi connectivity index (χ0n) is 10.4. The van der Waals surface area contributed by atoms with Gasteiger partial charge in [-0.05, 0) is 19.1 Å². The molecule has 0 aromatic carbocycles. The van der Waals surface area contributed by atoms with E-state index in [2.05, 4.69) is 24.4 Å². The highest BCUT2D eigenvalue weighted by molar-refractivity contribution is 8.00. The molecule has 1 fully saturated rings. The highest BCUT2D eigenvalue weighted by Crippen LogP contribution is 2.41. The fourth-order valence-electron chi connectivity index (χ4n) is 1.87. The van der Waals surface area contributed by atoms with Gasteiger partial charge in [-0.2, -0.15) is 0 Å². The number of amides is 2. The third-order valence-electron chi connectivity index (χ3n) is 2.70. The third kappa shape index (κ3) is 3.05. The Labute approximate surface area is 115 Å². The SMILES string of the molecule is CC(=O)NCCN1C(=O)CSC1c1ccc(C)s1. The van der Waals surface area contributed by atoms with Crippen LogP contribution in [0, 0.1) is 6.92 Å². The van der Waals surface area contributed by atoms with Gasteiger partial charge in [-0.1, -0.05) is 0 Å². The molecule has 1 aliphatic heterocycles. The van der Waals surface area contributed by atoms with Crippen LogP contribution in [0.3, 0.4) is 0 Å². The first-order valence-corrected chi connectivity index (χ1v) is 7.66. The smallest absolute Gasteiger partial charge is 0.233 e. The molecular formula is C12H16N2O2S2. The van der Waals surface area contributed by atoms with Crippen LogP contribution < -0.4 is 5.32 Å². The van der Waals surface area contributed by atoms with E-state index in [4.69, 9.17) is 0 Å². The van der Waals surface area contributed by atoms with Gasteiger partial charge < -0.3 is 10.2 Å². The maximum atomic E-state index is 11.8. The standard InChI is InChI=1S/C12H16N2O2S2/c1-8-3-4-10(18-8)12-14(11(16)7-17-12)6-5-13-9(2)15/h3-4,12H,5-7H2,1-2H3,(H,13,15). The van der Waals surface area contributed by atoms with E-state index in [1.165, 1.54) is 16.7 Å². The van der Waals surface area contributed by atoms with Crippen molar-refractivity contribution in [1.29, 1.82) is 0 Å². The molecule has 98 valence electrons. The van der Waals surface area contributed by atoms with Gasteiger partial charge in [0.1, 0.15) is 5.37 Å². The maximum absolute atomic E-state index is 11.8. The quantitative estimate of drug-likeness (QED) is 0.916. The second-order valence-electron chi connectivity index (χ2n) is 4.18. The highest BCUT2D eigenvalue weighted by atomic mass is 32.2. The molecule has 0 spiro atoms. The number of hydrogen-bond acceptors (Lipinski definition) is 4. The minimum absolute atomic E-state index is 0.0576. The van der Waals surface area contributed by atoms with Crippen molar-refractivity contribution in [1.82, 2.24) is 10.2 Å². The van der Waals surface area contributed by atoms with Crippen LogP contribution in [0.15, 0.2) is 12.1 Å². The Hall–Kier alpha value is -1.01. The van der Waals surface area contributed by atoms with E-state index in [0.717, 1.165) is 0 Å². The molecule has 1 atom stereocenters. The van der Waals surface area contributed by atoms with E-state index in [0.29, 0.717) is 18.8 Å². The van der Waals surface area contributed by atoms with Gasteiger partial charge in [0.25, 0.3) is 0 Å². The summed E-state index contributed by atoms with van der Waals surface area (Å²) in [6.07, 6.45) is 0. The van der Waals surface area contributed by atoms with E-state index < -0.39 is 0 Å². The summed E-state index contributed by atoms with van der Waals surface area (Å²) in [7, 11) is 0. The van der Waals surface area contributed by atoms with Crippen molar-refractivity contribution in [3.05, 3.63) is 21.9 Å². The summed E-state index contributed by atoms with van der Waals surface area (Å²) in [4.78, 5) is 27.0. The number of hydrogen-bond donors (Lipinski definition) is 1. The van der Waals surface area contributed by atoms with Crippen LogP contribution >= 0.6 is 23.1 Å². The Morgan fingerprint density at radius 2 is 2.33 bits per heavy atom. The lowest BCUT2D eigenvalue weighted by Crippen LogP contribution is -2.36. The first-order valence-electron chi connectivity index (χ1n) is 5.80. The molecule has 2 rings (SSSR count). The predicted octanol–water partition coefficient (Wildman–Crippen LogP) is 1.77. The summed E-state index contributed by atoms with van der Waals surface area (Å²) in [6, 6.07) is 4.16. The molecule has 1 unspecified atom stereocenters. The molecule has 4 nitrogen and oxygen atoms in total. The average molecular weight is 284 g/mol. The van der Waals surface area contributed by atoms with Crippen molar-refractivity contribution in [3.8, 4) is 0 Å². The maximum Gasteiger partial charge on any atom is 0.233 e. The molecule has 1 aliphatic rings. The minimum atomic E-state index is -0.0576. The van der Waals surface area contributed by atoms with Crippen LogP contribution in [0.1, 0.15) is 22.1 Å². The van der Waals surface area contributed by atoms with E-state index >= 15 is 0 Å². The van der Waals surface area contributed by atoms with Crippen LogP contribution in [0.2, 0.25) is 0 Å². The number of thiophene rings is 1. The van der Waals surface area contributed by atoms with Crippen LogP contribution in [0.5, 0.6) is 0 Å². The second-order valence-corrected chi connectivity index (χ2v) is 6.57. The molecular weight excluding hydrogens is 268 g/mol. The summed E-state index contributed by atoms with van der Waals surface area (Å²) >= 11 is 3.39. The number of nitrogens with one attached hydrogen (secondary N) is 1. The average Bonchev–Trinajstić information content (AvgIpc) is 2.86. The largest absolute Gasteiger partial charge is 0.355 e. The van der Waals surface area contributed by atoms with E-state index in [1.807, 2.05) is 4.90 Å². The van der Waals surface area contributed by atoms with Gasteiger partial charge in [0.05, 0.1) is 5.75 Å². The van der Waals surface area contributed by atoms with Gasteiger partial charge in [0.15, 0.2) is 0 Å². The zero-order valence-corrected chi connectivity index (χ0v) is 12.1. The summed E-state index contributed by atoms with van der Waals surface area (Å²) in [5.41, 5.74) is 0. The molecule has 1 N–H and O–H groups in total. The molecule has 1 aromatic rings. The number of aryl methyl sites for hydroxylation is 1. The first-order chi connectivity index (χ1) is 8.58. The lowest BCUT2D eigenvalue weighted by molar-refractivity contribution is -0.128. The van der Waals surface area contributed by atoms with Gasteiger partial charge in [-0.15, -0.1) is 23.1 Å². The second kappa shape index (κ2) is 5.75. The number of rotatable bonds is 4. The normalized spacial score (nSPS) is 19.3. The van der Waals surface area contributed by atoms with Crippen molar-refractivity contribution in [2.24, 2.45) is 0 Å². The molecule has 0 saturated carbocycles. The molecule has 2 amide bonds. The fourth-order valence-corrected chi connectivity index (χ4v) is 4.20. The molecule has 2 heterocycles.